The second-order valence-electron chi connectivity index (χ2n) is 2.05. The highest BCUT2D eigenvalue weighted by Crippen LogP contribution is 1.73. The van der Waals surface area contributed by atoms with E-state index in [2.05, 4.69) is 27.2 Å². The molecule has 0 atom stereocenters. The average Bonchev–Trinajstić information content (AvgIpc) is 2.39. The molecule has 1 rings (SSSR count). The van der Waals surface area contributed by atoms with Crippen molar-refractivity contribution >= 4 is 5.84 Å². The van der Waals surface area contributed by atoms with Crippen LogP contribution in [0.1, 0.15) is 6.92 Å². The van der Waals surface area contributed by atoms with Gasteiger partial charge in [0.05, 0.1) is 12.4 Å². The summed E-state index contributed by atoms with van der Waals surface area (Å²) in [5.74, 6) is 0.443. The highest BCUT2D eigenvalue weighted by atomic mass is 15.5. The Morgan fingerprint density at radius 2 is 2.55 bits per heavy atom. The van der Waals surface area contributed by atoms with Gasteiger partial charge < -0.3 is 5.32 Å². The van der Waals surface area contributed by atoms with Crippen molar-refractivity contribution in [1.82, 2.24) is 25.5 Å². The first-order valence-corrected chi connectivity index (χ1v) is 3.22. The third-order valence-corrected chi connectivity index (χ3v) is 1.07. The van der Waals surface area contributed by atoms with E-state index < -0.39 is 0 Å². The van der Waals surface area contributed by atoms with E-state index in [0.717, 1.165) is 0 Å². The lowest BCUT2D eigenvalue weighted by atomic mass is 10.6. The van der Waals surface area contributed by atoms with Crippen molar-refractivity contribution < 1.29 is 0 Å². The summed E-state index contributed by atoms with van der Waals surface area (Å²) in [6.45, 7) is 2.96. The molecule has 11 heavy (non-hydrogen) atoms. The average molecular weight is 153 g/mol. The Balaban J connectivity index is 2.19. The molecule has 0 amide bonds. The fourth-order valence-corrected chi connectivity index (χ4v) is 0.604. The van der Waals surface area contributed by atoms with E-state index in [1.807, 2.05) is 0 Å². The Kier molecular flexibility index (Phi) is 2.53. The van der Waals surface area contributed by atoms with Crippen LogP contribution in [-0.2, 0) is 6.54 Å². The summed E-state index contributed by atoms with van der Waals surface area (Å²) in [5.41, 5.74) is 0. The van der Waals surface area contributed by atoms with Crippen LogP contribution in [0.15, 0.2) is 0 Å². The fourth-order valence-electron chi connectivity index (χ4n) is 0.604. The first-order valence-electron chi connectivity index (χ1n) is 3.22. The van der Waals surface area contributed by atoms with E-state index >= 15 is 0 Å². The predicted octanol–water partition coefficient (Wildman–Crippen LogP) is -0.940. The van der Waals surface area contributed by atoms with Crippen LogP contribution in [0, 0.1) is 11.7 Å². The Hall–Kier alpha value is -1.46. The first kappa shape index (κ1) is 7.64. The van der Waals surface area contributed by atoms with Crippen molar-refractivity contribution in [3.05, 3.63) is 6.33 Å². The molecule has 0 saturated heterocycles. The third kappa shape index (κ3) is 2.74. The maximum absolute atomic E-state index is 7.04. The predicted molar refractivity (Wildman–Crippen MR) is 38.1 cm³/mol. The molecule has 0 fully saturated rings. The van der Waals surface area contributed by atoms with Crippen LogP contribution >= 0.6 is 0 Å². The maximum atomic E-state index is 7.04. The van der Waals surface area contributed by atoms with Crippen LogP contribution in [0.4, 0.5) is 0 Å². The van der Waals surface area contributed by atoms with Crippen LogP contribution in [0.3, 0.4) is 0 Å². The van der Waals surface area contributed by atoms with Gasteiger partial charge in [-0.25, -0.2) is 4.68 Å². The van der Waals surface area contributed by atoms with Crippen LogP contribution in [-0.4, -0.2) is 32.6 Å². The van der Waals surface area contributed by atoms with Crippen molar-refractivity contribution in [2.75, 3.05) is 6.54 Å². The fraction of sp³-hybridized carbons (Fsp3) is 0.600. The normalized spacial score (nSPS) is 9.55. The zero-order valence-electron chi connectivity index (χ0n) is 6.20. The zero-order chi connectivity index (χ0) is 8.10. The Morgan fingerprint density at radius 3 is 3.09 bits per heavy atom. The quantitative estimate of drug-likeness (QED) is 0.434. The van der Waals surface area contributed by atoms with Gasteiger partial charge in [-0.3, -0.25) is 5.41 Å². The molecule has 2 N–H and O–H groups in total. The molecule has 1 heterocycles. The van der Waals surface area contributed by atoms with Crippen LogP contribution in [0.5, 0.6) is 0 Å². The van der Waals surface area contributed by atoms with E-state index in [9.17, 15) is 0 Å². The topological polar surface area (TPSA) is 79.5 Å². The second-order valence-corrected chi connectivity index (χ2v) is 2.05. The number of nitrogens with one attached hydrogen (secondary N) is 2. The Bertz CT molecular complexity index is 215. The smallest absolute Gasteiger partial charge is 0.221 e. The highest BCUT2D eigenvalue weighted by Gasteiger charge is 1.91. The number of hydrogen-bond donors (Lipinski definition) is 2. The summed E-state index contributed by atoms with van der Waals surface area (Å²) in [6, 6.07) is 0. The Labute approximate surface area is 64.1 Å². The molecular weight excluding hydrogens is 144 g/mol. The van der Waals surface area contributed by atoms with Gasteiger partial charge in [-0.1, -0.05) is 0 Å². The van der Waals surface area contributed by atoms with Crippen LogP contribution in [0.25, 0.3) is 0 Å². The molecule has 6 nitrogen and oxygen atoms in total. The number of hydrogen-bond acceptors (Lipinski definition) is 4. The van der Waals surface area contributed by atoms with Gasteiger partial charge in [-0.05, 0) is 17.4 Å². The van der Waals surface area contributed by atoms with E-state index in [0.29, 0.717) is 18.9 Å². The molecule has 0 aromatic carbocycles. The van der Waals surface area contributed by atoms with Crippen LogP contribution in [0.2, 0.25) is 0 Å². The number of rotatable bonds is 3. The minimum atomic E-state index is 0.443. The number of tetrazole rings is 1. The SMILES string of the molecule is CC(=N)NCCn1[c]nnn1. The number of aromatic nitrogens is 4. The standard InChI is InChI=1S/C5H9N6/c1-5(6)7-2-3-11-4-8-9-10-11/h2-3H2,1H3,(H2,6,7). The van der Waals surface area contributed by atoms with E-state index in [4.69, 9.17) is 5.41 Å². The molecule has 0 aliphatic heterocycles. The van der Waals surface area contributed by atoms with Gasteiger partial charge in [-0.2, -0.15) is 0 Å². The Morgan fingerprint density at radius 1 is 1.73 bits per heavy atom. The summed E-state index contributed by atoms with van der Waals surface area (Å²) >= 11 is 0. The molecule has 1 radical (unpaired) electrons. The summed E-state index contributed by atoms with van der Waals surface area (Å²) in [7, 11) is 0. The van der Waals surface area contributed by atoms with Gasteiger partial charge in [0.25, 0.3) is 0 Å². The summed E-state index contributed by atoms with van der Waals surface area (Å²) < 4.78 is 1.48. The number of amidine groups is 1. The molecule has 0 unspecified atom stereocenters. The molecule has 0 bridgehead atoms. The lowest BCUT2D eigenvalue weighted by Gasteiger charge is -2.00. The molecule has 0 saturated carbocycles. The van der Waals surface area contributed by atoms with Gasteiger partial charge in [0, 0.05) is 6.54 Å². The van der Waals surface area contributed by atoms with Gasteiger partial charge in [-0.15, -0.1) is 5.10 Å². The highest BCUT2D eigenvalue weighted by molar-refractivity contribution is 5.75. The van der Waals surface area contributed by atoms with Crippen molar-refractivity contribution in [3.63, 3.8) is 0 Å². The molecule has 0 aliphatic carbocycles. The third-order valence-electron chi connectivity index (χ3n) is 1.07. The lowest BCUT2D eigenvalue weighted by Crippen LogP contribution is -2.24. The number of nitrogens with zero attached hydrogens (tertiary/aromatic N) is 4. The van der Waals surface area contributed by atoms with Gasteiger partial charge in [0.2, 0.25) is 6.33 Å². The van der Waals surface area contributed by atoms with Crippen LogP contribution < -0.4 is 5.32 Å². The maximum Gasteiger partial charge on any atom is 0.221 e. The molecular formula is C5H9N6. The summed E-state index contributed by atoms with van der Waals surface area (Å²) in [4.78, 5) is 0. The van der Waals surface area contributed by atoms with Gasteiger partial charge >= 0.3 is 0 Å². The lowest BCUT2D eigenvalue weighted by molar-refractivity contribution is 0.576. The monoisotopic (exact) mass is 153 g/mol. The van der Waals surface area contributed by atoms with Crippen molar-refractivity contribution in [1.29, 1.82) is 5.41 Å². The van der Waals surface area contributed by atoms with E-state index in [-0.39, 0.29) is 0 Å². The van der Waals surface area contributed by atoms with E-state index in [1.54, 1.807) is 6.92 Å². The molecule has 1 aromatic heterocycles. The van der Waals surface area contributed by atoms with Crippen molar-refractivity contribution in [2.45, 2.75) is 13.5 Å². The summed E-state index contributed by atoms with van der Waals surface area (Å²) in [5, 5.41) is 20.2. The summed E-state index contributed by atoms with van der Waals surface area (Å²) in [6.07, 6.45) is 2.54. The van der Waals surface area contributed by atoms with Crippen molar-refractivity contribution in [3.8, 4) is 0 Å². The first-order chi connectivity index (χ1) is 5.29. The van der Waals surface area contributed by atoms with E-state index in [1.165, 1.54) is 4.68 Å². The zero-order valence-corrected chi connectivity index (χ0v) is 6.20. The molecule has 0 aliphatic rings. The molecule has 1 aromatic rings. The van der Waals surface area contributed by atoms with Crippen molar-refractivity contribution in [2.24, 2.45) is 0 Å². The molecule has 59 valence electrons. The molecule has 6 heteroatoms. The van der Waals surface area contributed by atoms with Gasteiger partial charge in [0.15, 0.2) is 0 Å². The second kappa shape index (κ2) is 3.65. The minimum absolute atomic E-state index is 0.443. The van der Waals surface area contributed by atoms with Gasteiger partial charge in [0.1, 0.15) is 0 Å². The minimum Gasteiger partial charge on any atom is -0.372 e. The largest absolute Gasteiger partial charge is 0.372 e. The molecule has 0 spiro atoms.